The standard InChI is InChI=1S/C14H11F2N5O2/c1-8-3-4-10(23-13(15)16)9(7-8)18-12(22)11-19-14-17-5-2-6-21(14)20-11/h2-7,13H,1H3,(H,18,22). The van der Waals surface area contributed by atoms with Crippen molar-refractivity contribution in [1.29, 1.82) is 0 Å². The number of halogens is 2. The second-order valence-electron chi connectivity index (χ2n) is 4.63. The van der Waals surface area contributed by atoms with Crippen LogP contribution in [-0.2, 0) is 0 Å². The van der Waals surface area contributed by atoms with Crippen molar-refractivity contribution in [2.45, 2.75) is 13.5 Å². The monoisotopic (exact) mass is 319 g/mol. The Morgan fingerprint density at radius 2 is 2.22 bits per heavy atom. The van der Waals surface area contributed by atoms with Crippen molar-refractivity contribution in [3.05, 3.63) is 48.0 Å². The van der Waals surface area contributed by atoms with Crippen molar-refractivity contribution >= 4 is 17.4 Å². The fourth-order valence-electron chi connectivity index (χ4n) is 1.95. The molecule has 0 bridgehead atoms. The van der Waals surface area contributed by atoms with Crippen molar-refractivity contribution in [2.24, 2.45) is 0 Å². The summed E-state index contributed by atoms with van der Waals surface area (Å²) >= 11 is 0. The molecule has 3 rings (SSSR count). The van der Waals surface area contributed by atoms with Crippen molar-refractivity contribution in [3.8, 4) is 5.75 Å². The molecule has 0 spiro atoms. The summed E-state index contributed by atoms with van der Waals surface area (Å²) in [5, 5.41) is 6.43. The van der Waals surface area contributed by atoms with Crippen molar-refractivity contribution in [2.75, 3.05) is 5.32 Å². The van der Waals surface area contributed by atoms with Crippen LogP contribution in [0.4, 0.5) is 14.5 Å². The van der Waals surface area contributed by atoms with Crippen molar-refractivity contribution in [3.63, 3.8) is 0 Å². The average Bonchev–Trinajstić information content (AvgIpc) is 2.94. The Bertz CT molecular complexity index is 832. The first kappa shape index (κ1) is 14.8. The number of hydrogen-bond acceptors (Lipinski definition) is 5. The maximum absolute atomic E-state index is 12.4. The van der Waals surface area contributed by atoms with Gasteiger partial charge in [-0.15, -0.1) is 5.10 Å². The number of aromatic nitrogens is 4. The van der Waals surface area contributed by atoms with Crippen LogP contribution in [0.25, 0.3) is 5.78 Å². The van der Waals surface area contributed by atoms with Crippen LogP contribution < -0.4 is 10.1 Å². The zero-order chi connectivity index (χ0) is 16.4. The number of nitrogens with zero attached hydrogens (tertiary/aromatic N) is 4. The van der Waals surface area contributed by atoms with Crippen LogP contribution in [-0.4, -0.2) is 32.1 Å². The highest BCUT2D eigenvalue weighted by atomic mass is 19.3. The molecule has 2 aromatic heterocycles. The summed E-state index contributed by atoms with van der Waals surface area (Å²) in [7, 11) is 0. The van der Waals surface area contributed by atoms with Crippen LogP contribution in [0.15, 0.2) is 36.7 Å². The number of nitrogens with one attached hydrogen (secondary N) is 1. The number of carbonyl (C=O) groups is 1. The number of amides is 1. The molecule has 0 saturated carbocycles. The fourth-order valence-corrected chi connectivity index (χ4v) is 1.95. The lowest BCUT2D eigenvalue weighted by atomic mass is 10.2. The van der Waals surface area contributed by atoms with E-state index in [4.69, 9.17) is 0 Å². The third kappa shape index (κ3) is 3.23. The SMILES string of the molecule is Cc1ccc(OC(F)F)c(NC(=O)c2nc3ncccn3n2)c1. The smallest absolute Gasteiger partial charge is 0.387 e. The summed E-state index contributed by atoms with van der Waals surface area (Å²) in [6, 6.07) is 6.11. The van der Waals surface area contributed by atoms with E-state index in [0.29, 0.717) is 0 Å². The summed E-state index contributed by atoms with van der Waals surface area (Å²) in [6.45, 7) is -1.24. The van der Waals surface area contributed by atoms with E-state index < -0.39 is 12.5 Å². The number of fused-ring (bicyclic) bond motifs is 1. The Labute approximate surface area is 128 Å². The second-order valence-corrected chi connectivity index (χ2v) is 4.63. The minimum Gasteiger partial charge on any atom is -0.433 e. The zero-order valence-corrected chi connectivity index (χ0v) is 11.9. The van der Waals surface area contributed by atoms with E-state index in [1.165, 1.54) is 22.8 Å². The van der Waals surface area contributed by atoms with Crippen LogP contribution in [0.2, 0.25) is 0 Å². The molecule has 0 aliphatic heterocycles. The maximum Gasteiger partial charge on any atom is 0.387 e. The van der Waals surface area contributed by atoms with Gasteiger partial charge in [0.05, 0.1) is 5.69 Å². The number of carbonyl (C=O) groups excluding carboxylic acids is 1. The molecule has 0 aliphatic carbocycles. The molecule has 0 unspecified atom stereocenters. The van der Waals surface area contributed by atoms with Gasteiger partial charge in [0.1, 0.15) is 5.75 Å². The van der Waals surface area contributed by atoms with Gasteiger partial charge in [0, 0.05) is 12.4 Å². The van der Waals surface area contributed by atoms with Gasteiger partial charge in [-0.05, 0) is 30.7 Å². The first-order valence-electron chi connectivity index (χ1n) is 6.57. The molecular formula is C14H11F2N5O2. The highest BCUT2D eigenvalue weighted by Crippen LogP contribution is 2.27. The lowest BCUT2D eigenvalue weighted by molar-refractivity contribution is -0.0493. The number of aryl methyl sites for hydroxylation is 1. The predicted octanol–water partition coefficient (Wildman–Crippen LogP) is 2.29. The highest BCUT2D eigenvalue weighted by Gasteiger charge is 2.17. The summed E-state index contributed by atoms with van der Waals surface area (Å²) < 4.78 is 30.6. The lowest BCUT2D eigenvalue weighted by Crippen LogP contribution is -2.15. The summed E-state index contributed by atoms with van der Waals surface area (Å²) in [4.78, 5) is 20.1. The lowest BCUT2D eigenvalue weighted by Gasteiger charge is -2.11. The quantitative estimate of drug-likeness (QED) is 0.798. The number of hydrogen-bond donors (Lipinski definition) is 1. The molecule has 2 heterocycles. The third-order valence-electron chi connectivity index (χ3n) is 2.92. The molecule has 0 aliphatic rings. The van der Waals surface area contributed by atoms with E-state index in [9.17, 15) is 13.6 Å². The molecule has 7 nitrogen and oxygen atoms in total. The molecule has 0 saturated heterocycles. The number of rotatable bonds is 4. The molecule has 118 valence electrons. The van der Waals surface area contributed by atoms with E-state index in [2.05, 4.69) is 25.1 Å². The molecule has 3 aromatic rings. The molecule has 0 atom stereocenters. The molecule has 1 N–H and O–H groups in total. The second kappa shape index (κ2) is 5.95. The largest absolute Gasteiger partial charge is 0.433 e. The highest BCUT2D eigenvalue weighted by molar-refractivity contribution is 6.02. The van der Waals surface area contributed by atoms with Gasteiger partial charge in [-0.25, -0.2) is 9.50 Å². The molecule has 1 aromatic carbocycles. The van der Waals surface area contributed by atoms with Gasteiger partial charge < -0.3 is 10.1 Å². The van der Waals surface area contributed by atoms with Crippen LogP contribution in [0, 0.1) is 6.92 Å². The fraction of sp³-hybridized carbons (Fsp3) is 0.143. The van der Waals surface area contributed by atoms with Crippen LogP contribution in [0.1, 0.15) is 16.2 Å². The predicted molar refractivity (Wildman–Crippen MR) is 76.5 cm³/mol. The van der Waals surface area contributed by atoms with Crippen LogP contribution in [0.5, 0.6) is 5.75 Å². The molecule has 9 heteroatoms. The Morgan fingerprint density at radius 1 is 1.39 bits per heavy atom. The van der Waals surface area contributed by atoms with Gasteiger partial charge in [-0.3, -0.25) is 4.79 Å². The van der Waals surface area contributed by atoms with Crippen molar-refractivity contribution < 1.29 is 18.3 Å². The van der Waals surface area contributed by atoms with Gasteiger partial charge in [-0.2, -0.15) is 13.8 Å². The summed E-state index contributed by atoms with van der Waals surface area (Å²) in [6.07, 6.45) is 3.10. The first-order chi connectivity index (χ1) is 11.0. The van der Waals surface area contributed by atoms with E-state index >= 15 is 0 Å². The zero-order valence-electron chi connectivity index (χ0n) is 11.9. The van der Waals surface area contributed by atoms with Gasteiger partial charge in [0.2, 0.25) is 5.82 Å². The van der Waals surface area contributed by atoms with Crippen molar-refractivity contribution in [1.82, 2.24) is 19.6 Å². The van der Waals surface area contributed by atoms with Gasteiger partial charge >= 0.3 is 6.61 Å². The van der Waals surface area contributed by atoms with E-state index in [1.54, 1.807) is 25.3 Å². The molecule has 0 radical (unpaired) electrons. The minimum atomic E-state index is -2.99. The Kier molecular flexibility index (Phi) is 3.83. The topological polar surface area (TPSA) is 81.4 Å². The Morgan fingerprint density at radius 3 is 2.96 bits per heavy atom. The minimum absolute atomic E-state index is 0.113. The Balaban J connectivity index is 1.88. The number of alkyl halides is 2. The summed E-state index contributed by atoms with van der Waals surface area (Å²) in [5.41, 5.74) is 0.883. The van der Waals surface area contributed by atoms with Crippen LogP contribution in [0.3, 0.4) is 0 Å². The van der Waals surface area contributed by atoms with E-state index in [1.807, 2.05) is 0 Å². The molecule has 1 amide bonds. The molecule has 0 fully saturated rings. The molecular weight excluding hydrogens is 308 g/mol. The maximum atomic E-state index is 12.4. The Hall–Kier alpha value is -3.10. The number of benzene rings is 1. The average molecular weight is 319 g/mol. The normalized spacial score (nSPS) is 11.0. The number of ether oxygens (including phenoxy) is 1. The van der Waals surface area contributed by atoms with Gasteiger partial charge in [0.15, 0.2) is 0 Å². The summed E-state index contributed by atoms with van der Waals surface area (Å²) in [5.74, 6) is -0.666. The molecule has 23 heavy (non-hydrogen) atoms. The van der Waals surface area contributed by atoms with Gasteiger partial charge in [-0.1, -0.05) is 6.07 Å². The van der Waals surface area contributed by atoms with E-state index in [-0.39, 0.29) is 23.0 Å². The van der Waals surface area contributed by atoms with Crippen LogP contribution >= 0.6 is 0 Å². The number of anilines is 1. The third-order valence-corrected chi connectivity index (χ3v) is 2.92. The first-order valence-corrected chi connectivity index (χ1v) is 6.57. The van der Waals surface area contributed by atoms with Gasteiger partial charge in [0.25, 0.3) is 11.7 Å². The van der Waals surface area contributed by atoms with E-state index in [0.717, 1.165) is 5.56 Å².